The highest BCUT2D eigenvalue weighted by Gasteiger charge is 2.06. The Hall–Kier alpha value is -1.22. The van der Waals surface area contributed by atoms with Gasteiger partial charge < -0.3 is 15.6 Å². The first kappa shape index (κ1) is 9.86. The summed E-state index contributed by atoms with van der Waals surface area (Å²) < 4.78 is 5.06. The minimum Gasteiger partial charge on any atom is -0.495 e. The van der Waals surface area contributed by atoms with E-state index in [1.54, 1.807) is 20.1 Å². The fourth-order valence-electron chi connectivity index (χ4n) is 1.26. The Labute approximate surface area is 78.1 Å². The molecule has 0 amide bonds. The van der Waals surface area contributed by atoms with Gasteiger partial charge in [-0.2, -0.15) is 0 Å². The molecular weight excluding hydrogens is 166 g/mol. The molecule has 1 aromatic carbocycles. The van der Waals surface area contributed by atoms with Gasteiger partial charge in [0.25, 0.3) is 0 Å². The van der Waals surface area contributed by atoms with Crippen LogP contribution in [0, 0.1) is 0 Å². The van der Waals surface area contributed by atoms with Crippen LogP contribution in [0.15, 0.2) is 18.2 Å². The Morgan fingerprint density at radius 2 is 2.23 bits per heavy atom. The van der Waals surface area contributed by atoms with E-state index < -0.39 is 0 Å². The van der Waals surface area contributed by atoms with Crippen molar-refractivity contribution in [3.05, 3.63) is 23.8 Å². The number of para-hydroxylation sites is 1. The summed E-state index contributed by atoms with van der Waals surface area (Å²) in [5.41, 5.74) is 7.35. The van der Waals surface area contributed by atoms with Crippen molar-refractivity contribution in [3.63, 3.8) is 0 Å². The summed E-state index contributed by atoms with van der Waals surface area (Å²) in [7, 11) is 1.58. The van der Waals surface area contributed by atoms with Gasteiger partial charge in [0.15, 0.2) is 0 Å². The van der Waals surface area contributed by atoms with Crippen LogP contribution in [0.3, 0.4) is 0 Å². The van der Waals surface area contributed by atoms with Gasteiger partial charge in [0.05, 0.1) is 18.9 Å². The lowest BCUT2D eigenvalue weighted by atomic mass is 10.1. The number of benzene rings is 1. The van der Waals surface area contributed by atoms with Gasteiger partial charge in [0.2, 0.25) is 0 Å². The Bertz CT molecular complexity index is 284. The molecule has 72 valence electrons. The van der Waals surface area contributed by atoms with Gasteiger partial charge in [-0.1, -0.05) is 12.1 Å². The molecule has 1 atom stereocenters. The van der Waals surface area contributed by atoms with Crippen molar-refractivity contribution in [2.45, 2.75) is 19.4 Å². The van der Waals surface area contributed by atoms with Crippen molar-refractivity contribution in [3.8, 4) is 5.75 Å². The molecular formula is C10H15NO2. The molecule has 0 heterocycles. The average Bonchev–Trinajstić information content (AvgIpc) is 2.08. The zero-order chi connectivity index (χ0) is 9.84. The molecule has 0 saturated heterocycles. The lowest BCUT2D eigenvalue weighted by Crippen LogP contribution is -2.07. The second-order valence-electron chi connectivity index (χ2n) is 3.09. The highest BCUT2D eigenvalue weighted by Crippen LogP contribution is 2.25. The van der Waals surface area contributed by atoms with E-state index >= 15 is 0 Å². The summed E-state index contributed by atoms with van der Waals surface area (Å²) in [6.45, 7) is 1.74. The molecule has 0 saturated carbocycles. The maximum Gasteiger partial charge on any atom is 0.142 e. The van der Waals surface area contributed by atoms with Crippen LogP contribution >= 0.6 is 0 Å². The first-order valence-electron chi connectivity index (χ1n) is 4.24. The average molecular weight is 181 g/mol. The number of anilines is 1. The predicted molar refractivity (Wildman–Crippen MR) is 52.8 cm³/mol. The summed E-state index contributed by atoms with van der Waals surface area (Å²) in [6.07, 6.45) is 0.178. The molecule has 13 heavy (non-hydrogen) atoms. The zero-order valence-corrected chi connectivity index (χ0v) is 7.95. The molecule has 1 rings (SSSR count). The first-order chi connectivity index (χ1) is 6.15. The van der Waals surface area contributed by atoms with E-state index in [4.69, 9.17) is 10.5 Å². The molecule has 3 N–H and O–H groups in total. The third-order valence-electron chi connectivity index (χ3n) is 1.89. The largest absolute Gasteiger partial charge is 0.495 e. The molecule has 3 nitrogen and oxygen atoms in total. The topological polar surface area (TPSA) is 55.5 Å². The van der Waals surface area contributed by atoms with E-state index in [0.29, 0.717) is 17.9 Å². The summed E-state index contributed by atoms with van der Waals surface area (Å²) >= 11 is 0. The number of nitrogens with two attached hydrogens (primary N) is 1. The maximum absolute atomic E-state index is 9.20. The van der Waals surface area contributed by atoms with E-state index in [-0.39, 0.29) is 6.10 Å². The van der Waals surface area contributed by atoms with Crippen LogP contribution in [0.4, 0.5) is 5.69 Å². The van der Waals surface area contributed by atoms with Gasteiger partial charge in [-0.3, -0.25) is 0 Å². The van der Waals surface area contributed by atoms with Gasteiger partial charge in [-0.25, -0.2) is 0 Å². The normalized spacial score (nSPS) is 12.5. The van der Waals surface area contributed by atoms with Crippen LogP contribution in [-0.2, 0) is 6.42 Å². The monoisotopic (exact) mass is 181 g/mol. The molecule has 3 heteroatoms. The van der Waals surface area contributed by atoms with Crippen LogP contribution in [0.1, 0.15) is 12.5 Å². The summed E-state index contributed by atoms with van der Waals surface area (Å²) in [5.74, 6) is 0.665. The van der Waals surface area contributed by atoms with Crippen LogP contribution in [0.2, 0.25) is 0 Å². The highest BCUT2D eigenvalue weighted by atomic mass is 16.5. The highest BCUT2D eigenvalue weighted by molar-refractivity contribution is 5.58. The number of rotatable bonds is 3. The molecule has 0 bridgehead atoms. The van der Waals surface area contributed by atoms with Gasteiger partial charge in [0, 0.05) is 6.42 Å². The summed E-state index contributed by atoms with van der Waals surface area (Å²) in [4.78, 5) is 0. The molecule has 0 aliphatic heterocycles. The molecule has 0 aliphatic rings. The second-order valence-corrected chi connectivity index (χ2v) is 3.09. The van der Waals surface area contributed by atoms with Crippen LogP contribution in [0.5, 0.6) is 5.75 Å². The Kier molecular flexibility index (Phi) is 3.14. The van der Waals surface area contributed by atoms with E-state index in [9.17, 15) is 5.11 Å². The third kappa shape index (κ3) is 2.36. The fourth-order valence-corrected chi connectivity index (χ4v) is 1.26. The number of nitrogen functional groups attached to an aromatic ring is 1. The third-order valence-corrected chi connectivity index (χ3v) is 1.89. The lowest BCUT2D eigenvalue weighted by Gasteiger charge is -2.10. The van der Waals surface area contributed by atoms with E-state index in [2.05, 4.69) is 0 Å². The molecule has 0 radical (unpaired) electrons. The number of aliphatic hydroxyl groups is 1. The molecule has 0 fully saturated rings. The number of aliphatic hydroxyl groups excluding tert-OH is 1. The molecule has 0 aliphatic carbocycles. The fraction of sp³-hybridized carbons (Fsp3) is 0.400. The van der Waals surface area contributed by atoms with Crippen molar-refractivity contribution in [1.82, 2.24) is 0 Å². The Balaban J connectivity index is 2.94. The number of ether oxygens (including phenoxy) is 1. The quantitative estimate of drug-likeness (QED) is 0.689. The predicted octanol–water partition coefficient (Wildman–Crippen LogP) is 1.20. The maximum atomic E-state index is 9.20. The Morgan fingerprint density at radius 3 is 2.77 bits per heavy atom. The van der Waals surface area contributed by atoms with Gasteiger partial charge in [0.1, 0.15) is 5.75 Å². The van der Waals surface area contributed by atoms with Crippen molar-refractivity contribution < 1.29 is 9.84 Å². The van der Waals surface area contributed by atoms with Gasteiger partial charge in [-0.05, 0) is 18.6 Å². The van der Waals surface area contributed by atoms with E-state index in [0.717, 1.165) is 5.56 Å². The Morgan fingerprint density at radius 1 is 1.54 bits per heavy atom. The first-order valence-corrected chi connectivity index (χ1v) is 4.24. The van der Waals surface area contributed by atoms with Crippen molar-refractivity contribution in [2.75, 3.05) is 12.8 Å². The van der Waals surface area contributed by atoms with Gasteiger partial charge >= 0.3 is 0 Å². The second kappa shape index (κ2) is 4.14. The van der Waals surface area contributed by atoms with Crippen LogP contribution in [0.25, 0.3) is 0 Å². The number of hydrogen-bond donors (Lipinski definition) is 2. The lowest BCUT2D eigenvalue weighted by molar-refractivity contribution is 0.195. The molecule has 0 spiro atoms. The summed E-state index contributed by atoms with van der Waals surface area (Å²) in [6, 6.07) is 5.57. The van der Waals surface area contributed by atoms with Crippen molar-refractivity contribution in [1.29, 1.82) is 0 Å². The van der Waals surface area contributed by atoms with Crippen molar-refractivity contribution in [2.24, 2.45) is 0 Å². The number of hydrogen-bond acceptors (Lipinski definition) is 3. The van der Waals surface area contributed by atoms with E-state index in [1.807, 2.05) is 12.1 Å². The zero-order valence-electron chi connectivity index (χ0n) is 7.95. The molecule has 1 unspecified atom stereocenters. The van der Waals surface area contributed by atoms with Crippen LogP contribution in [-0.4, -0.2) is 18.3 Å². The SMILES string of the molecule is COc1cccc(CC(C)O)c1N. The number of methoxy groups -OCH3 is 1. The van der Waals surface area contributed by atoms with Crippen molar-refractivity contribution >= 4 is 5.69 Å². The minimum absolute atomic E-state index is 0.380. The smallest absolute Gasteiger partial charge is 0.142 e. The van der Waals surface area contributed by atoms with Gasteiger partial charge in [-0.15, -0.1) is 0 Å². The standard InChI is InChI=1S/C10H15NO2/c1-7(12)6-8-4-3-5-9(13-2)10(8)11/h3-5,7,12H,6,11H2,1-2H3. The van der Waals surface area contributed by atoms with E-state index in [1.165, 1.54) is 0 Å². The van der Waals surface area contributed by atoms with Crippen LogP contribution < -0.4 is 10.5 Å². The summed E-state index contributed by atoms with van der Waals surface area (Å²) in [5, 5.41) is 9.20. The molecule has 0 aromatic heterocycles. The molecule has 1 aromatic rings. The minimum atomic E-state index is -0.380.